The molecule has 2 N–H and O–H groups in total. The molecule has 0 saturated heterocycles. The van der Waals surface area contributed by atoms with Crippen LogP contribution in [0.15, 0.2) is 41.3 Å². The van der Waals surface area contributed by atoms with E-state index >= 15 is 0 Å². The molecule has 0 spiro atoms. The molecular formula is C14H11ClF2N2O3S. The van der Waals surface area contributed by atoms with E-state index in [4.69, 9.17) is 11.6 Å². The molecule has 122 valence electrons. The van der Waals surface area contributed by atoms with E-state index in [1.807, 2.05) is 4.72 Å². The molecule has 0 aromatic heterocycles. The van der Waals surface area contributed by atoms with Crippen molar-refractivity contribution in [1.29, 1.82) is 0 Å². The van der Waals surface area contributed by atoms with Gasteiger partial charge in [-0.1, -0.05) is 17.7 Å². The van der Waals surface area contributed by atoms with Gasteiger partial charge in [0.05, 0.1) is 15.6 Å². The summed E-state index contributed by atoms with van der Waals surface area (Å²) >= 11 is 5.89. The molecule has 5 nitrogen and oxygen atoms in total. The molecule has 0 heterocycles. The molecule has 0 atom stereocenters. The Labute approximate surface area is 136 Å². The zero-order valence-electron chi connectivity index (χ0n) is 11.7. The Morgan fingerprint density at radius 1 is 1.13 bits per heavy atom. The summed E-state index contributed by atoms with van der Waals surface area (Å²) < 4.78 is 53.3. The number of amides is 1. The summed E-state index contributed by atoms with van der Waals surface area (Å²) in [5, 5.41) is 2.38. The number of halogens is 3. The minimum absolute atomic E-state index is 0.0305. The molecule has 0 unspecified atom stereocenters. The second-order valence-electron chi connectivity index (χ2n) is 4.52. The molecule has 0 aliphatic heterocycles. The number of para-hydroxylation sites is 1. The Morgan fingerprint density at radius 3 is 2.26 bits per heavy atom. The lowest BCUT2D eigenvalue weighted by atomic mass is 10.3. The van der Waals surface area contributed by atoms with Gasteiger partial charge in [-0.25, -0.2) is 17.2 Å². The van der Waals surface area contributed by atoms with Gasteiger partial charge in [0.1, 0.15) is 17.3 Å². The van der Waals surface area contributed by atoms with E-state index in [0.29, 0.717) is 0 Å². The van der Waals surface area contributed by atoms with Crippen molar-refractivity contribution in [1.82, 2.24) is 0 Å². The standard InChI is InChI=1S/C14H11ClF2N2O3S/c1-8(20)18-13-6-5-9(7-10(13)15)23(21,22)19-14-11(16)3-2-4-12(14)17/h2-7,19H,1H3,(H,18,20). The zero-order valence-corrected chi connectivity index (χ0v) is 13.3. The van der Waals surface area contributed by atoms with Crippen molar-refractivity contribution < 1.29 is 22.0 Å². The van der Waals surface area contributed by atoms with E-state index in [-0.39, 0.29) is 21.5 Å². The predicted octanol–water partition coefficient (Wildman–Crippen LogP) is 3.38. The first-order chi connectivity index (χ1) is 10.7. The monoisotopic (exact) mass is 360 g/mol. The molecule has 0 fully saturated rings. The van der Waals surface area contributed by atoms with Gasteiger partial charge in [-0.15, -0.1) is 0 Å². The number of carbonyl (C=O) groups excluding carboxylic acids is 1. The second kappa shape index (κ2) is 6.51. The molecular weight excluding hydrogens is 350 g/mol. The van der Waals surface area contributed by atoms with Crippen molar-refractivity contribution in [2.24, 2.45) is 0 Å². The summed E-state index contributed by atoms with van der Waals surface area (Å²) in [5.41, 5.74) is -0.565. The number of rotatable bonds is 4. The van der Waals surface area contributed by atoms with Gasteiger partial charge < -0.3 is 5.32 Å². The summed E-state index contributed by atoms with van der Waals surface area (Å²) in [4.78, 5) is 10.7. The molecule has 0 bridgehead atoms. The SMILES string of the molecule is CC(=O)Nc1ccc(S(=O)(=O)Nc2c(F)cccc2F)cc1Cl. The van der Waals surface area contributed by atoms with Crippen molar-refractivity contribution in [2.75, 3.05) is 10.0 Å². The number of sulfonamides is 1. The lowest BCUT2D eigenvalue weighted by Crippen LogP contribution is -2.15. The molecule has 2 aromatic rings. The molecule has 2 aromatic carbocycles. The quantitative estimate of drug-likeness (QED) is 0.877. The first kappa shape index (κ1) is 17.2. The van der Waals surface area contributed by atoms with Crippen molar-refractivity contribution in [3.63, 3.8) is 0 Å². The van der Waals surface area contributed by atoms with Crippen LogP contribution in [0.2, 0.25) is 5.02 Å². The minimum Gasteiger partial charge on any atom is -0.325 e. The third-order valence-corrected chi connectivity index (χ3v) is 4.42. The summed E-state index contributed by atoms with van der Waals surface area (Å²) in [6.45, 7) is 1.27. The van der Waals surface area contributed by atoms with Crippen LogP contribution in [-0.4, -0.2) is 14.3 Å². The normalized spacial score (nSPS) is 11.1. The third kappa shape index (κ3) is 3.96. The van der Waals surface area contributed by atoms with Gasteiger partial charge in [-0.2, -0.15) is 0 Å². The first-order valence-electron chi connectivity index (χ1n) is 6.24. The number of hydrogen-bond acceptors (Lipinski definition) is 3. The minimum atomic E-state index is -4.25. The van der Waals surface area contributed by atoms with Crippen molar-refractivity contribution in [3.05, 3.63) is 53.1 Å². The van der Waals surface area contributed by atoms with Crippen LogP contribution in [0, 0.1) is 11.6 Å². The first-order valence-corrected chi connectivity index (χ1v) is 8.11. The maximum absolute atomic E-state index is 13.5. The predicted molar refractivity (Wildman–Crippen MR) is 82.9 cm³/mol. The fourth-order valence-corrected chi connectivity index (χ4v) is 3.14. The molecule has 9 heteroatoms. The number of nitrogens with one attached hydrogen (secondary N) is 2. The summed E-state index contributed by atoms with van der Waals surface area (Å²) in [5.74, 6) is -2.47. The summed E-state index contributed by atoms with van der Waals surface area (Å²) in [6.07, 6.45) is 0. The lowest BCUT2D eigenvalue weighted by molar-refractivity contribution is -0.114. The van der Waals surface area contributed by atoms with E-state index in [2.05, 4.69) is 5.32 Å². The van der Waals surface area contributed by atoms with Crippen molar-refractivity contribution in [2.45, 2.75) is 11.8 Å². The Balaban J connectivity index is 2.37. The Morgan fingerprint density at radius 2 is 1.74 bits per heavy atom. The summed E-state index contributed by atoms with van der Waals surface area (Å²) in [6, 6.07) is 6.45. The molecule has 23 heavy (non-hydrogen) atoms. The van der Waals surface area contributed by atoms with Gasteiger partial charge in [0.15, 0.2) is 0 Å². The highest BCUT2D eigenvalue weighted by atomic mass is 35.5. The van der Waals surface area contributed by atoms with Crippen LogP contribution in [0.5, 0.6) is 0 Å². The average Bonchev–Trinajstić information content (AvgIpc) is 2.45. The van der Waals surface area contributed by atoms with Crippen LogP contribution in [0.3, 0.4) is 0 Å². The number of carbonyl (C=O) groups is 1. The van der Waals surface area contributed by atoms with Gasteiger partial charge >= 0.3 is 0 Å². The van der Waals surface area contributed by atoms with Crippen LogP contribution in [0.1, 0.15) is 6.92 Å². The highest BCUT2D eigenvalue weighted by molar-refractivity contribution is 7.92. The highest BCUT2D eigenvalue weighted by Crippen LogP contribution is 2.27. The smallest absolute Gasteiger partial charge is 0.262 e. The Bertz CT molecular complexity index is 852. The van der Waals surface area contributed by atoms with Gasteiger partial charge in [0.2, 0.25) is 5.91 Å². The van der Waals surface area contributed by atoms with E-state index in [1.165, 1.54) is 13.0 Å². The maximum Gasteiger partial charge on any atom is 0.262 e. The van der Waals surface area contributed by atoms with Crippen LogP contribution in [0.25, 0.3) is 0 Å². The van der Waals surface area contributed by atoms with Crippen molar-refractivity contribution in [3.8, 4) is 0 Å². The Kier molecular flexibility index (Phi) is 4.86. The number of hydrogen-bond donors (Lipinski definition) is 2. The van der Waals surface area contributed by atoms with E-state index in [9.17, 15) is 22.0 Å². The van der Waals surface area contributed by atoms with E-state index < -0.39 is 27.3 Å². The topological polar surface area (TPSA) is 75.3 Å². The average molecular weight is 361 g/mol. The number of benzene rings is 2. The van der Waals surface area contributed by atoms with E-state index in [1.54, 1.807) is 0 Å². The molecule has 1 amide bonds. The maximum atomic E-state index is 13.5. The van der Waals surface area contributed by atoms with Gasteiger partial charge in [0, 0.05) is 6.92 Å². The van der Waals surface area contributed by atoms with Gasteiger partial charge in [0.25, 0.3) is 10.0 Å². The van der Waals surface area contributed by atoms with Crippen molar-refractivity contribution >= 4 is 38.9 Å². The second-order valence-corrected chi connectivity index (χ2v) is 6.61. The van der Waals surface area contributed by atoms with Gasteiger partial charge in [-0.05, 0) is 30.3 Å². The zero-order chi connectivity index (χ0) is 17.2. The van der Waals surface area contributed by atoms with Crippen LogP contribution in [-0.2, 0) is 14.8 Å². The lowest BCUT2D eigenvalue weighted by Gasteiger charge is -2.11. The fourth-order valence-electron chi connectivity index (χ4n) is 1.74. The summed E-state index contributed by atoms with van der Waals surface area (Å²) in [7, 11) is -4.25. The highest BCUT2D eigenvalue weighted by Gasteiger charge is 2.20. The number of anilines is 2. The van der Waals surface area contributed by atoms with Gasteiger partial charge in [-0.3, -0.25) is 9.52 Å². The molecule has 0 radical (unpaired) electrons. The molecule has 2 rings (SSSR count). The van der Waals surface area contributed by atoms with E-state index in [0.717, 1.165) is 30.3 Å². The largest absolute Gasteiger partial charge is 0.325 e. The Hall–Kier alpha value is -2.19. The molecule has 0 aliphatic carbocycles. The molecule has 0 saturated carbocycles. The van der Waals surface area contributed by atoms with Crippen LogP contribution >= 0.6 is 11.6 Å². The third-order valence-electron chi connectivity index (χ3n) is 2.76. The van der Waals surface area contributed by atoms with Crippen LogP contribution in [0.4, 0.5) is 20.2 Å². The fraction of sp³-hybridized carbons (Fsp3) is 0.0714. The van der Waals surface area contributed by atoms with Crippen LogP contribution < -0.4 is 10.0 Å². The molecule has 0 aliphatic rings.